The molecule has 11 atom stereocenters. The average Bonchev–Trinajstić information content (AvgIpc) is 3.23. The Kier molecular flexibility index (Phi) is 7.88. The summed E-state index contributed by atoms with van der Waals surface area (Å²) in [6, 6.07) is 0. The smallest absolute Gasteiger partial charge is 0.0233 e. The van der Waals surface area contributed by atoms with Gasteiger partial charge in [0.05, 0.1) is 0 Å². The lowest BCUT2D eigenvalue weighted by Crippen LogP contribution is -2.65. The molecule has 0 heteroatoms. The molecule has 212 valence electrons. The summed E-state index contributed by atoms with van der Waals surface area (Å²) < 4.78 is 0. The highest BCUT2D eigenvalue weighted by molar-refractivity contribution is 5.21. The minimum Gasteiger partial charge on any atom is -0.0776 e. The molecule has 0 radical (unpaired) electrons. The highest BCUT2D eigenvalue weighted by Crippen LogP contribution is 2.80. The molecule has 5 aliphatic carbocycles. The molecule has 0 aromatic heterocycles. The fourth-order valence-corrected chi connectivity index (χ4v) is 12.9. The van der Waals surface area contributed by atoms with E-state index in [1.165, 1.54) is 57.8 Å². The van der Waals surface area contributed by atoms with Gasteiger partial charge in [-0.3, -0.25) is 0 Å². The van der Waals surface area contributed by atoms with Crippen molar-refractivity contribution < 1.29 is 0 Å². The van der Waals surface area contributed by atoms with E-state index in [2.05, 4.69) is 76.2 Å². The first-order valence-corrected chi connectivity index (χ1v) is 16.1. The van der Waals surface area contributed by atoms with Crippen molar-refractivity contribution in [2.75, 3.05) is 0 Å². The second-order valence-corrected chi connectivity index (χ2v) is 16.8. The van der Waals surface area contributed by atoms with Crippen LogP contribution in [-0.2, 0) is 0 Å². The summed E-state index contributed by atoms with van der Waals surface area (Å²) in [5, 5.41) is 0. The molecule has 0 N–H and O–H groups in total. The molecular weight excluding hydrogens is 432 g/mol. The standard InChI is InChI=1S/C33H58.C2H6.CH4/c1-21-18-26-30(8)14-12-24(4)28(5,6)25(30)13-15-31(26,9)33(11)17-16-32(10,27(21)33)29(7)19-22(2)23(3)20-29;1-2;/h21-27H,12-20H2,1-11H3;1-2H3;1H4. The molecule has 5 rings (SSSR count). The van der Waals surface area contributed by atoms with Crippen LogP contribution >= 0.6 is 0 Å². The molecule has 5 aliphatic rings. The molecule has 0 amide bonds. The Labute approximate surface area is 228 Å². The van der Waals surface area contributed by atoms with Gasteiger partial charge in [0.25, 0.3) is 0 Å². The van der Waals surface area contributed by atoms with Gasteiger partial charge in [-0.15, -0.1) is 0 Å². The lowest BCUT2D eigenvalue weighted by molar-refractivity contribution is -0.233. The lowest BCUT2D eigenvalue weighted by Gasteiger charge is -2.72. The van der Waals surface area contributed by atoms with Crippen LogP contribution in [0.4, 0.5) is 0 Å². The van der Waals surface area contributed by atoms with Crippen molar-refractivity contribution >= 4 is 0 Å². The zero-order valence-corrected chi connectivity index (χ0v) is 26.4. The highest BCUT2D eigenvalue weighted by Gasteiger charge is 2.73. The Morgan fingerprint density at radius 3 is 1.64 bits per heavy atom. The van der Waals surface area contributed by atoms with Crippen molar-refractivity contribution in [1.82, 2.24) is 0 Å². The van der Waals surface area contributed by atoms with Crippen molar-refractivity contribution in [2.24, 2.45) is 73.9 Å². The molecule has 11 unspecified atom stereocenters. The van der Waals surface area contributed by atoms with Gasteiger partial charge in [0.1, 0.15) is 0 Å². The molecule has 0 heterocycles. The summed E-state index contributed by atoms with van der Waals surface area (Å²) >= 11 is 0. The van der Waals surface area contributed by atoms with Crippen LogP contribution in [-0.4, -0.2) is 0 Å². The second kappa shape index (κ2) is 9.29. The Bertz CT molecular complexity index is 782. The number of hydrogen-bond donors (Lipinski definition) is 0. The van der Waals surface area contributed by atoms with Gasteiger partial charge in [-0.05, 0) is 132 Å². The summed E-state index contributed by atoms with van der Waals surface area (Å²) in [5.41, 5.74) is 3.15. The monoisotopic (exact) mass is 501 g/mol. The topological polar surface area (TPSA) is 0 Å². The van der Waals surface area contributed by atoms with E-state index >= 15 is 0 Å². The van der Waals surface area contributed by atoms with Gasteiger partial charge in [-0.1, -0.05) is 97.4 Å². The normalized spacial score (nSPS) is 57.4. The largest absolute Gasteiger partial charge is 0.0776 e. The van der Waals surface area contributed by atoms with Gasteiger partial charge in [0, 0.05) is 0 Å². The molecule has 5 saturated carbocycles. The molecule has 0 spiro atoms. The Balaban J connectivity index is 0.00000117. The Morgan fingerprint density at radius 1 is 0.556 bits per heavy atom. The number of hydrogen-bond acceptors (Lipinski definition) is 0. The molecular formula is C36H68. The predicted molar refractivity (Wildman–Crippen MR) is 161 cm³/mol. The fourth-order valence-electron chi connectivity index (χ4n) is 12.9. The molecule has 5 fully saturated rings. The zero-order chi connectivity index (χ0) is 26.4. The van der Waals surface area contributed by atoms with E-state index in [1.54, 1.807) is 0 Å². The van der Waals surface area contributed by atoms with Crippen LogP contribution in [0.15, 0.2) is 0 Å². The fraction of sp³-hybridized carbons (Fsp3) is 1.00. The van der Waals surface area contributed by atoms with Crippen LogP contribution in [0.1, 0.15) is 155 Å². The zero-order valence-electron chi connectivity index (χ0n) is 26.4. The minimum absolute atomic E-state index is 0. The van der Waals surface area contributed by atoms with Crippen LogP contribution in [0.2, 0.25) is 0 Å². The summed E-state index contributed by atoms with van der Waals surface area (Å²) in [6.07, 6.45) is 13.3. The van der Waals surface area contributed by atoms with Gasteiger partial charge >= 0.3 is 0 Å². The van der Waals surface area contributed by atoms with Gasteiger partial charge < -0.3 is 0 Å². The molecule has 0 aliphatic heterocycles. The van der Waals surface area contributed by atoms with Crippen LogP contribution in [0.3, 0.4) is 0 Å². The maximum absolute atomic E-state index is 2.82. The van der Waals surface area contributed by atoms with E-state index in [9.17, 15) is 0 Å². The Hall–Kier alpha value is 0. The quantitative estimate of drug-likeness (QED) is 0.336. The number of fused-ring (bicyclic) bond motifs is 5. The summed E-state index contributed by atoms with van der Waals surface area (Å²) in [4.78, 5) is 0. The van der Waals surface area contributed by atoms with E-state index in [1.807, 2.05) is 13.8 Å². The van der Waals surface area contributed by atoms with Crippen molar-refractivity contribution in [3.8, 4) is 0 Å². The van der Waals surface area contributed by atoms with Gasteiger partial charge in [0.2, 0.25) is 0 Å². The third-order valence-electron chi connectivity index (χ3n) is 15.5. The third kappa shape index (κ3) is 3.63. The SMILES string of the molecule is C.CC.CC1CC(C)(C2(C)CCC3(C)C2C(C)CC2C4(C)CCC(C)C(C)(C)C4CCC23C)CC1C. The van der Waals surface area contributed by atoms with Crippen molar-refractivity contribution in [2.45, 2.75) is 155 Å². The van der Waals surface area contributed by atoms with Crippen molar-refractivity contribution in [1.29, 1.82) is 0 Å². The lowest BCUT2D eigenvalue weighted by atomic mass is 9.33. The first-order chi connectivity index (χ1) is 16.1. The minimum atomic E-state index is 0. The van der Waals surface area contributed by atoms with Crippen LogP contribution < -0.4 is 0 Å². The van der Waals surface area contributed by atoms with Crippen molar-refractivity contribution in [3.05, 3.63) is 0 Å². The van der Waals surface area contributed by atoms with E-state index in [4.69, 9.17) is 0 Å². The third-order valence-corrected chi connectivity index (χ3v) is 15.5. The van der Waals surface area contributed by atoms with Crippen LogP contribution in [0.25, 0.3) is 0 Å². The van der Waals surface area contributed by atoms with E-state index < -0.39 is 0 Å². The molecule has 36 heavy (non-hydrogen) atoms. The first-order valence-electron chi connectivity index (χ1n) is 16.1. The van der Waals surface area contributed by atoms with Gasteiger partial charge in [-0.25, -0.2) is 0 Å². The maximum Gasteiger partial charge on any atom is -0.0233 e. The predicted octanol–water partition coefficient (Wildman–Crippen LogP) is 11.7. The van der Waals surface area contributed by atoms with Crippen molar-refractivity contribution in [3.63, 3.8) is 0 Å². The molecule has 0 nitrogen and oxygen atoms in total. The summed E-state index contributed by atoms with van der Waals surface area (Å²) in [6.45, 7) is 33.5. The highest BCUT2D eigenvalue weighted by atomic mass is 14.8. The van der Waals surface area contributed by atoms with Crippen LogP contribution in [0, 0.1) is 73.9 Å². The molecule has 0 aromatic rings. The number of rotatable bonds is 1. The van der Waals surface area contributed by atoms with Gasteiger partial charge in [-0.2, -0.15) is 0 Å². The Morgan fingerprint density at radius 2 is 1.08 bits per heavy atom. The molecule has 0 bridgehead atoms. The van der Waals surface area contributed by atoms with E-state index in [0.717, 1.165) is 41.4 Å². The first kappa shape index (κ1) is 30.5. The van der Waals surface area contributed by atoms with E-state index in [-0.39, 0.29) is 7.43 Å². The van der Waals surface area contributed by atoms with E-state index in [0.29, 0.717) is 32.5 Å². The average molecular weight is 501 g/mol. The maximum atomic E-state index is 2.82. The van der Waals surface area contributed by atoms with Crippen LogP contribution in [0.5, 0.6) is 0 Å². The summed E-state index contributed by atoms with van der Waals surface area (Å²) in [5.74, 6) is 6.31. The van der Waals surface area contributed by atoms with Gasteiger partial charge in [0.15, 0.2) is 0 Å². The molecule has 0 aromatic carbocycles. The second-order valence-electron chi connectivity index (χ2n) is 16.8. The molecule has 0 saturated heterocycles. The summed E-state index contributed by atoms with van der Waals surface area (Å²) in [7, 11) is 0.